The van der Waals surface area contributed by atoms with Gasteiger partial charge < -0.3 is 11.1 Å². The third-order valence-corrected chi connectivity index (χ3v) is 2.78. The largest absolute Gasteiger partial charge is 0.329 e. The molecule has 1 aromatic rings. The highest BCUT2D eigenvalue weighted by Gasteiger charge is 2.14. The van der Waals surface area contributed by atoms with Gasteiger partial charge in [0.05, 0.1) is 6.54 Å². The number of halogens is 2. The molecule has 1 unspecified atom stereocenters. The molecule has 0 aromatic heterocycles. The molecule has 2 nitrogen and oxygen atoms in total. The van der Waals surface area contributed by atoms with E-state index in [0.717, 1.165) is 16.7 Å². The van der Waals surface area contributed by atoms with Gasteiger partial charge in [0.15, 0.2) is 0 Å². The van der Waals surface area contributed by atoms with E-state index in [1.807, 2.05) is 32.0 Å². The van der Waals surface area contributed by atoms with Gasteiger partial charge in [-0.15, -0.1) is 0 Å². The van der Waals surface area contributed by atoms with Crippen LogP contribution in [-0.2, 0) is 0 Å². The summed E-state index contributed by atoms with van der Waals surface area (Å²) in [7, 11) is 0. The van der Waals surface area contributed by atoms with Crippen LogP contribution in [0.1, 0.15) is 22.7 Å². The van der Waals surface area contributed by atoms with Crippen molar-refractivity contribution in [2.75, 3.05) is 13.1 Å². The maximum Gasteiger partial charge on any atom is 0.250 e. The summed E-state index contributed by atoms with van der Waals surface area (Å²) in [4.78, 5) is 0. The number of benzene rings is 1. The first-order valence-electron chi connectivity index (χ1n) is 5.34. The van der Waals surface area contributed by atoms with Gasteiger partial charge in [-0.25, -0.2) is 8.78 Å². The Morgan fingerprint density at radius 2 is 2.00 bits per heavy atom. The SMILES string of the molecule is Cc1cccc(C(CN)NCC(F)F)c1C. The van der Waals surface area contributed by atoms with Crippen LogP contribution in [0.4, 0.5) is 8.78 Å². The summed E-state index contributed by atoms with van der Waals surface area (Å²) in [6.07, 6.45) is -2.35. The van der Waals surface area contributed by atoms with Gasteiger partial charge >= 0.3 is 0 Å². The van der Waals surface area contributed by atoms with E-state index in [-0.39, 0.29) is 12.6 Å². The summed E-state index contributed by atoms with van der Waals surface area (Å²) < 4.78 is 24.2. The second-order valence-electron chi connectivity index (χ2n) is 3.88. The Bertz CT molecular complexity index is 340. The molecule has 90 valence electrons. The lowest BCUT2D eigenvalue weighted by Gasteiger charge is -2.20. The van der Waals surface area contributed by atoms with E-state index >= 15 is 0 Å². The minimum Gasteiger partial charge on any atom is -0.329 e. The van der Waals surface area contributed by atoms with E-state index in [9.17, 15) is 8.78 Å². The number of hydrogen-bond donors (Lipinski definition) is 2. The summed E-state index contributed by atoms with van der Waals surface area (Å²) >= 11 is 0. The molecule has 16 heavy (non-hydrogen) atoms. The summed E-state index contributed by atoms with van der Waals surface area (Å²) in [5.41, 5.74) is 8.86. The van der Waals surface area contributed by atoms with Gasteiger partial charge in [0.2, 0.25) is 0 Å². The third kappa shape index (κ3) is 3.25. The Hall–Kier alpha value is -1.00. The van der Waals surface area contributed by atoms with Gasteiger partial charge in [-0.2, -0.15) is 0 Å². The van der Waals surface area contributed by atoms with Crippen LogP contribution in [0, 0.1) is 13.8 Å². The number of aryl methyl sites for hydroxylation is 1. The van der Waals surface area contributed by atoms with Gasteiger partial charge in [-0.1, -0.05) is 18.2 Å². The summed E-state index contributed by atoms with van der Waals surface area (Å²) in [6, 6.07) is 5.65. The second kappa shape index (κ2) is 5.92. The standard InChI is InChI=1S/C12H18F2N2/c1-8-4-3-5-10(9(8)2)11(6-15)16-7-12(13)14/h3-5,11-12,16H,6-7,15H2,1-2H3. The summed E-state index contributed by atoms with van der Waals surface area (Å²) in [5.74, 6) is 0. The summed E-state index contributed by atoms with van der Waals surface area (Å²) in [5, 5.41) is 2.78. The fourth-order valence-electron chi connectivity index (χ4n) is 1.70. The predicted molar refractivity (Wildman–Crippen MR) is 61.7 cm³/mol. The molecule has 0 saturated carbocycles. The molecule has 4 heteroatoms. The second-order valence-corrected chi connectivity index (χ2v) is 3.88. The zero-order valence-corrected chi connectivity index (χ0v) is 9.63. The highest BCUT2D eigenvalue weighted by atomic mass is 19.3. The van der Waals surface area contributed by atoms with Crippen molar-refractivity contribution in [3.63, 3.8) is 0 Å². The topological polar surface area (TPSA) is 38.0 Å². The Kier molecular flexibility index (Phi) is 4.83. The lowest BCUT2D eigenvalue weighted by molar-refractivity contribution is 0.141. The Labute approximate surface area is 94.8 Å². The minimum absolute atomic E-state index is 0.200. The van der Waals surface area contributed by atoms with E-state index < -0.39 is 6.43 Å². The molecule has 0 heterocycles. The number of alkyl halides is 2. The van der Waals surface area contributed by atoms with Gasteiger partial charge in [0, 0.05) is 12.6 Å². The fourth-order valence-corrected chi connectivity index (χ4v) is 1.70. The molecular formula is C12H18F2N2. The lowest BCUT2D eigenvalue weighted by Crippen LogP contribution is -2.32. The van der Waals surface area contributed by atoms with Crippen molar-refractivity contribution in [2.45, 2.75) is 26.3 Å². The van der Waals surface area contributed by atoms with Crippen molar-refractivity contribution in [3.8, 4) is 0 Å². The van der Waals surface area contributed by atoms with Crippen LogP contribution in [0.5, 0.6) is 0 Å². The Balaban J connectivity index is 2.82. The van der Waals surface area contributed by atoms with Crippen molar-refractivity contribution < 1.29 is 8.78 Å². The van der Waals surface area contributed by atoms with Crippen LogP contribution < -0.4 is 11.1 Å². The average molecular weight is 228 g/mol. The molecular weight excluding hydrogens is 210 g/mol. The van der Waals surface area contributed by atoms with Crippen LogP contribution in [-0.4, -0.2) is 19.5 Å². The molecule has 0 aliphatic heterocycles. The maximum atomic E-state index is 12.1. The normalized spacial score (nSPS) is 13.1. The molecule has 0 spiro atoms. The van der Waals surface area contributed by atoms with Gasteiger partial charge in [-0.3, -0.25) is 0 Å². The van der Waals surface area contributed by atoms with E-state index in [2.05, 4.69) is 5.32 Å². The zero-order chi connectivity index (χ0) is 12.1. The molecule has 1 atom stereocenters. The number of nitrogens with two attached hydrogens (primary N) is 1. The first-order valence-corrected chi connectivity index (χ1v) is 5.34. The molecule has 0 saturated heterocycles. The van der Waals surface area contributed by atoms with Crippen molar-refractivity contribution >= 4 is 0 Å². The first kappa shape index (κ1) is 13.1. The average Bonchev–Trinajstić information content (AvgIpc) is 2.24. The fraction of sp³-hybridized carbons (Fsp3) is 0.500. The lowest BCUT2D eigenvalue weighted by atomic mass is 9.97. The Morgan fingerprint density at radius 3 is 2.56 bits per heavy atom. The molecule has 0 bridgehead atoms. The smallest absolute Gasteiger partial charge is 0.250 e. The van der Waals surface area contributed by atoms with Crippen LogP contribution in [0.25, 0.3) is 0 Å². The number of nitrogens with one attached hydrogen (secondary N) is 1. The maximum absolute atomic E-state index is 12.1. The van der Waals surface area contributed by atoms with Crippen LogP contribution in [0.2, 0.25) is 0 Å². The minimum atomic E-state index is -2.35. The van der Waals surface area contributed by atoms with E-state index in [1.165, 1.54) is 0 Å². The molecule has 3 N–H and O–H groups in total. The third-order valence-electron chi connectivity index (χ3n) is 2.78. The first-order chi connectivity index (χ1) is 7.56. The van der Waals surface area contributed by atoms with Crippen LogP contribution >= 0.6 is 0 Å². The van der Waals surface area contributed by atoms with Crippen molar-refractivity contribution in [1.29, 1.82) is 0 Å². The number of rotatable bonds is 5. The number of hydrogen-bond acceptors (Lipinski definition) is 2. The molecule has 0 radical (unpaired) electrons. The van der Waals surface area contributed by atoms with E-state index in [1.54, 1.807) is 0 Å². The van der Waals surface area contributed by atoms with Gasteiger partial charge in [0.1, 0.15) is 0 Å². The molecule has 1 aromatic carbocycles. The van der Waals surface area contributed by atoms with Gasteiger partial charge in [-0.05, 0) is 30.5 Å². The van der Waals surface area contributed by atoms with E-state index in [4.69, 9.17) is 5.73 Å². The Morgan fingerprint density at radius 1 is 1.31 bits per heavy atom. The van der Waals surface area contributed by atoms with Gasteiger partial charge in [0.25, 0.3) is 6.43 Å². The zero-order valence-electron chi connectivity index (χ0n) is 9.63. The highest BCUT2D eigenvalue weighted by Crippen LogP contribution is 2.19. The highest BCUT2D eigenvalue weighted by molar-refractivity contribution is 5.35. The molecule has 1 rings (SSSR count). The van der Waals surface area contributed by atoms with Crippen molar-refractivity contribution in [3.05, 3.63) is 34.9 Å². The summed E-state index contributed by atoms with van der Waals surface area (Å²) in [6.45, 7) is 3.98. The van der Waals surface area contributed by atoms with Crippen molar-refractivity contribution in [1.82, 2.24) is 5.32 Å². The molecule has 0 aliphatic carbocycles. The molecule has 0 amide bonds. The molecule has 0 fully saturated rings. The van der Waals surface area contributed by atoms with Crippen LogP contribution in [0.15, 0.2) is 18.2 Å². The molecule has 0 aliphatic rings. The predicted octanol–water partition coefficient (Wildman–Crippen LogP) is 2.16. The monoisotopic (exact) mass is 228 g/mol. The van der Waals surface area contributed by atoms with Crippen LogP contribution in [0.3, 0.4) is 0 Å². The quantitative estimate of drug-likeness (QED) is 0.810. The van der Waals surface area contributed by atoms with E-state index in [0.29, 0.717) is 6.54 Å². The van der Waals surface area contributed by atoms with Crippen molar-refractivity contribution in [2.24, 2.45) is 5.73 Å².